The number of anilines is 1. The second-order valence-corrected chi connectivity index (χ2v) is 4.08. The Morgan fingerprint density at radius 2 is 1.81 bits per heavy atom. The number of amides is 1. The molecule has 0 aliphatic rings. The summed E-state index contributed by atoms with van der Waals surface area (Å²) in [6, 6.07) is 11.7. The lowest BCUT2D eigenvalue weighted by Crippen LogP contribution is -2.39. The van der Waals surface area contributed by atoms with E-state index in [0.29, 0.717) is 16.9 Å². The highest BCUT2D eigenvalue weighted by atomic mass is 16.1. The minimum atomic E-state index is -0.906. The summed E-state index contributed by atoms with van der Waals surface area (Å²) in [7, 11) is 0. The number of hydrogen-bond donors (Lipinski definition) is 4. The van der Waals surface area contributed by atoms with E-state index in [1.54, 1.807) is 42.5 Å². The first-order valence-electron chi connectivity index (χ1n) is 6.04. The van der Waals surface area contributed by atoms with E-state index >= 15 is 0 Å². The van der Waals surface area contributed by atoms with Gasteiger partial charge in [0.1, 0.15) is 5.69 Å². The van der Waals surface area contributed by atoms with Crippen LogP contribution in [-0.2, 0) is 4.79 Å². The molecule has 0 saturated carbocycles. The number of hydrogen-bond acceptors (Lipinski definition) is 5. The molecule has 7 heteroatoms. The molecular formula is C14H13N5O2. The first-order chi connectivity index (χ1) is 10.1. The summed E-state index contributed by atoms with van der Waals surface area (Å²) in [5, 5.41) is 7.29. The van der Waals surface area contributed by atoms with Gasteiger partial charge >= 0.3 is 0 Å². The summed E-state index contributed by atoms with van der Waals surface area (Å²) in [6.07, 6.45) is 1.53. The van der Waals surface area contributed by atoms with Gasteiger partial charge in [0.15, 0.2) is 0 Å². The number of nitrogens with two attached hydrogens (primary N) is 1. The highest BCUT2D eigenvalue weighted by Crippen LogP contribution is 2.17. The predicted molar refractivity (Wildman–Crippen MR) is 77.8 cm³/mol. The number of ketones is 1. The molecule has 0 atom stereocenters. The lowest BCUT2D eigenvalue weighted by molar-refractivity contribution is -0.112. The van der Waals surface area contributed by atoms with Crippen molar-refractivity contribution in [3.05, 3.63) is 59.9 Å². The Kier molecular flexibility index (Phi) is 4.25. The number of primary amides is 1. The van der Waals surface area contributed by atoms with Crippen LogP contribution >= 0.6 is 0 Å². The molecule has 21 heavy (non-hydrogen) atoms. The lowest BCUT2D eigenvalue weighted by Gasteiger charge is -2.12. The Bertz CT molecular complexity index is 685. The Balaban J connectivity index is 2.23. The summed E-state index contributed by atoms with van der Waals surface area (Å²) >= 11 is 0. The molecule has 5 N–H and O–H groups in total. The fourth-order valence-electron chi connectivity index (χ4n) is 1.62. The molecule has 1 heterocycles. The van der Waals surface area contributed by atoms with E-state index in [1.165, 1.54) is 6.20 Å². The molecule has 0 fully saturated rings. The van der Waals surface area contributed by atoms with Crippen molar-refractivity contribution in [1.82, 2.24) is 10.4 Å². The molecular weight excluding hydrogens is 270 g/mol. The first-order valence-corrected chi connectivity index (χ1v) is 6.04. The van der Waals surface area contributed by atoms with Gasteiger partial charge in [0.2, 0.25) is 11.6 Å². The number of rotatable bonds is 4. The van der Waals surface area contributed by atoms with Crippen LogP contribution in [0.5, 0.6) is 0 Å². The van der Waals surface area contributed by atoms with Crippen LogP contribution in [-0.4, -0.2) is 22.5 Å². The number of nitrogens with one attached hydrogen (secondary N) is 3. The number of hydrazine groups is 1. The summed E-state index contributed by atoms with van der Waals surface area (Å²) in [6.45, 7) is 0. The zero-order valence-corrected chi connectivity index (χ0v) is 11.0. The molecule has 2 aromatic rings. The van der Waals surface area contributed by atoms with Gasteiger partial charge in [-0.2, -0.15) is 0 Å². The predicted octanol–water partition coefficient (Wildman–Crippen LogP) is 0.692. The maximum atomic E-state index is 12.4. The van der Waals surface area contributed by atoms with Gasteiger partial charge in [-0.05, 0) is 24.3 Å². The quantitative estimate of drug-likeness (QED) is 0.285. The smallest absolute Gasteiger partial charge is 0.285 e. The molecule has 0 bridgehead atoms. The van der Waals surface area contributed by atoms with E-state index in [-0.39, 0.29) is 5.78 Å². The van der Waals surface area contributed by atoms with Gasteiger partial charge < -0.3 is 5.73 Å². The Morgan fingerprint density at radius 3 is 2.48 bits per heavy atom. The largest absolute Gasteiger partial charge is 0.363 e. The van der Waals surface area contributed by atoms with Crippen molar-refractivity contribution in [2.24, 2.45) is 5.73 Å². The van der Waals surface area contributed by atoms with Crippen LogP contribution in [0.4, 0.5) is 5.69 Å². The van der Waals surface area contributed by atoms with E-state index in [1.807, 2.05) is 0 Å². The normalized spacial score (nSPS) is 9.71. The average Bonchev–Trinajstić information content (AvgIpc) is 2.53. The van der Waals surface area contributed by atoms with Crippen molar-refractivity contribution in [3.63, 3.8) is 0 Å². The summed E-state index contributed by atoms with van der Waals surface area (Å²) < 4.78 is 0. The number of amidine groups is 1. The number of para-hydroxylation sites is 1. The fraction of sp³-hybridized carbons (Fsp3) is 0. The molecule has 2 rings (SSSR count). The molecule has 1 aromatic carbocycles. The van der Waals surface area contributed by atoms with Gasteiger partial charge in [0.25, 0.3) is 5.91 Å². The maximum absolute atomic E-state index is 12.4. The fourth-order valence-corrected chi connectivity index (χ4v) is 1.62. The van der Waals surface area contributed by atoms with Gasteiger partial charge in [-0.3, -0.25) is 30.8 Å². The topological polar surface area (TPSA) is 121 Å². The molecule has 106 valence electrons. The Hall–Kier alpha value is -3.22. The minimum absolute atomic E-state index is 0.272. The zero-order valence-electron chi connectivity index (χ0n) is 11.0. The van der Waals surface area contributed by atoms with Crippen LogP contribution in [0.1, 0.15) is 16.1 Å². The maximum Gasteiger partial charge on any atom is 0.285 e. The van der Waals surface area contributed by atoms with Gasteiger partial charge in [-0.1, -0.05) is 18.2 Å². The standard InChI is InChI=1S/C14H13N5O2/c15-13(14(16)21)19-18-10-6-2-1-5-9(10)12(20)11-7-3-4-8-17-11/h1-8,18H,(H2,15,19)(H2,16,21). The van der Waals surface area contributed by atoms with Crippen molar-refractivity contribution < 1.29 is 9.59 Å². The van der Waals surface area contributed by atoms with Crippen molar-refractivity contribution in [2.45, 2.75) is 0 Å². The molecule has 0 spiro atoms. The summed E-state index contributed by atoms with van der Waals surface area (Å²) in [4.78, 5) is 27.2. The Labute approximate surface area is 120 Å². The van der Waals surface area contributed by atoms with E-state index in [4.69, 9.17) is 11.1 Å². The second kappa shape index (κ2) is 6.29. The number of nitrogens with zero attached hydrogens (tertiary/aromatic N) is 1. The van der Waals surface area contributed by atoms with E-state index in [0.717, 1.165) is 0 Å². The number of pyridine rings is 1. The average molecular weight is 283 g/mol. The summed E-state index contributed by atoms with van der Waals surface area (Å²) in [5.74, 6) is -1.68. The third kappa shape index (κ3) is 3.41. The SMILES string of the molecule is N=C(NNc1ccccc1C(=O)c1ccccn1)C(N)=O. The van der Waals surface area contributed by atoms with Crippen LogP contribution in [0.25, 0.3) is 0 Å². The number of benzene rings is 1. The van der Waals surface area contributed by atoms with Crippen LogP contribution in [0.15, 0.2) is 48.7 Å². The third-order valence-electron chi connectivity index (χ3n) is 2.64. The molecule has 0 saturated heterocycles. The lowest BCUT2D eigenvalue weighted by atomic mass is 10.1. The van der Waals surface area contributed by atoms with Gasteiger partial charge in [-0.15, -0.1) is 0 Å². The van der Waals surface area contributed by atoms with E-state index in [2.05, 4.69) is 15.8 Å². The van der Waals surface area contributed by atoms with Gasteiger partial charge in [0.05, 0.1) is 5.69 Å². The van der Waals surface area contributed by atoms with Gasteiger partial charge in [-0.25, -0.2) is 0 Å². The van der Waals surface area contributed by atoms with E-state index in [9.17, 15) is 9.59 Å². The highest BCUT2D eigenvalue weighted by Gasteiger charge is 2.14. The van der Waals surface area contributed by atoms with E-state index < -0.39 is 11.7 Å². The van der Waals surface area contributed by atoms with Crippen LogP contribution in [0, 0.1) is 5.41 Å². The number of aromatic nitrogens is 1. The van der Waals surface area contributed by atoms with Crippen LogP contribution in [0.3, 0.4) is 0 Å². The van der Waals surface area contributed by atoms with Crippen molar-refractivity contribution in [1.29, 1.82) is 5.41 Å². The molecule has 0 radical (unpaired) electrons. The molecule has 0 aliphatic carbocycles. The third-order valence-corrected chi connectivity index (χ3v) is 2.64. The van der Waals surface area contributed by atoms with Crippen LogP contribution < -0.4 is 16.6 Å². The van der Waals surface area contributed by atoms with Crippen molar-refractivity contribution >= 4 is 23.2 Å². The minimum Gasteiger partial charge on any atom is -0.363 e. The van der Waals surface area contributed by atoms with Crippen LogP contribution in [0.2, 0.25) is 0 Å². The Morgan fingerprint density at radius 1 is 1.10 bits per heavy atom. The van der Waals surface area contributed by atoms with Crippen molar-refractivity contribution in [2.75, 3.05) is 5.43 Å². The molecule has 0 unspecified atom stereocenters. The second-order valence-electron chi connectivity index (χ2n) is 4.08. The monoisotopic (exact) mass is 283 g/mol. The van der Waals surface area contributed by atoms with Gasteiger partial charge in [0, 0.05) is 11.8 Å². The number of carbonyl (C=O) groups is 2. The van der Waals surface area contributed by atoms with Crippen molar-refractivity contribution in [3.8, 4) is 0 Å². The summed E-state index contributed by atoms with van der Waals surface area (Å²) in [5.41, 5.74) is 11.0. The number of carbonyl (C=O) groups excluding carboxylic acids is 2. The highest BCUT2D eigenvalue weighted by molar-refractivity contribution is 6.36. The molecule has 7 nitrogen and oxygen atoms in total. The zero-order chi connectivity index (χ0) is 15.2. The molecule has 1 amide bonds. The first kappa shape index (κ1) is 14.2. The molecule has 0 aliphatic heterocycles. The molecule has 1 aromatic heterocycles.